The van der Waals surface area contributed by atoms with Crippen LogP contribution in [0.5, 0.6) is 0 Å². The molecule has 128 valence electrons. The molecule has 0 bridgehead atoms. The highest BCUT2D eigenvalue weighted by molar-refractivity contribution is 6.36. The van der Waals surface area contributed by atoms with E-state index in [4.69, 9.17) is 28.2 Å². The fraction of sp³-hybridized carbons (Fsp3) is 0.0500. The summed E-state index contributed by atoms with van der Waals surface area (Å²) in [6.45, 7) is 1.94. The summed E-state index contributed by atoms with van der Waals surface area (Å²) in [7, 11) is 0. The van der Waals surface area contributed by atoms with Gasteiger partial charge in [-0.1, -0.05) is 35.3 Å². The molecule has 0 saturated heterocycles. The highest BCUT2D eigenvalue weighted by atomic mass is 35.5. The van der Waals surface area contributed by atoms with Crippen LogP contribution >= 0.6 is 23.2 Å². The Balaban J connectivity index is 2.14. The second kappa shape index (κ2) is 6.56. The van der Waals surface area contributed by atoms with Crippen LogP contribution in [0.3, 0.4) is 0 Å². The molecule has 4 aromatic rings. The molecule has 0 aliphatic carbocycles. The van der Waals surface area contributed by atoms with Crippen molar-refractivity contribution in [2.75, 3.05) is 0 Å². The van der Waals surface area contributed by atoms with E-state index in [1.165, 1.54) is 4.57 Å². The molecule has 2 heterocycles. The maximum atomic E-state index is 13.2. The maximum Gasteiger partial charge on any atom is 0.267 e. The van der Waals surface area contributed by atoms with Gasteiger partial charge < -0.3 is 0 Å². The molecule has 6 heteroatoms. The second-order valence-corrected chi connectivity index (χ2v) is 6.75. The molecule has 0 N–H and O–H groups in total. The number of halogens is 2. The van der Waals surface area contributed by atoms with Crippen molar-refractivity contribution in [3.05, 3.63) is 86.8 Å². The number of aryl methyl sites for hydroxylation is 1. The van der Waals surface area contributed by atoms with Gasteiger partial charge in [0.25, 0.3) is 5.56 Å². The van der Waals surface area contributed by atoms with Gasteiger partial charge in [-0.2, -0.15) is 0 Å². The second-order valence-electron chi connectivity index (χ2n) is 5.91. The van der Waals surface area contributed by atoms with Crippen LogP contribution in [-0.2, 0) is 0 Å². The summed E-state index contributed by atoms with van der Waals surface area (Å²) in [5.41, 5.74) is 2.00. The van der Waals surface area contributed by atoms with E-state index >= 15 is 0 Å². The van der Waals surface area contributed by atoms with Crippen molar-refractivity contribution in [3.63, 3.8) is 0 Å². The highest BCUT2D eigenvalue weighted by Crippen LogP contribution is 2.30. The first-order valence-electron chi connectivity index (χ1n) is 7.95. The monoisotopic (exact) mass is 381 g/mol. The van der Waals surface area contributed by atoms with Crippen molar-refractivity contribution in [1.29, 1.82) is 0 Å². The maximum absolute atomic E-state index is 13.2. The Bertz CT molecular complexity index is 1200. The third-order valence-electron chi connectivity index (χ3n) is 4.08. The summed E-state index contributed by atoms with van der Waals surface area (Å²) in [4.78, 5) is 22.3. The van der Waals surface area contributed by atoms with Crippen LogP contribution < -0.4 is 5.56 Å². The highest BCUT2D eigenvalue weighted by Gasteiger charge is 2.17. The van der Waals surface area contributed by atoms with Crippen molar-refractivity contribution in [3.8, 4) is 17.2 Å². The topological polar surface area (TPSA) is 47.8 Å². The van der Waals surface area contributed by atoms with Gasteiger partial charge in [-0.3, -0.25) is 4.79 Å². The predicted molar refractivity (Wildman–Crippen MR) is 105 cm³/mol. The first-order valence-corrected chi connectivity index (χ1v) is 8.70. The van der Waals surface area contributed by atoms with Gasteiger partial charge in [0.2, 0.25) is 0 Å². The van der Waals surface area contributed by atoms with E-state index in [0.29, 0.717) is 38.2 Å². The minimum absolute atomic E-state index is 0.199. The van der Waals surface area contributed by atoms with E-state index in [0.717, 1.165) is 5.56 Å². The van der Waals surface area contributed by atoms with Crippen molar-refractivity contribution < 1.29 is 0 Å². The first-order chi connectivity index (χ1) is 12.5. The summed E-state index contributed by atoms with van der Waals surface area (Å²) >= 11 is 12.4. The molecule has 4 nitrogen and oxygen atoms in total. The first kappa shape index (κ1) is 16.8. The Morgan fingerprint density at radius 2 is 1.81 bits per heavy atom. The zero-order valence-corrected chi connectivity index (χ0v) is 15.3. The molecule has 0 spiro atoms. The fourth-order valence-electron chi connectivity index (χ4n) is 2.84. The third-order valence-corrected chi connectivity index (χ3v) is 4.63. The Morgan fingerprint density at radius 1 is 1.00 bits per heavy atom. The van der Waals surface area contributed by atoms with Gasteiger partial charge in [-0.25, -0.2) is 14.5 Å². The molecular formula is C20H13Cl2N3O. The minimum atomic E-state index is -0.199. The van der Waals surface area contributed by atoms with Crippen LogP contribution in [-0.4, -0.2) is 14.5 Å². The predicted octanol–water partition coefficient (Wildman–Crippen LogP) is 5.06. The summed E-state index contributed by atoms with van der Waals surface area (Å²) < 4.78 is 1.49. The molecule has 0 radical (unpaired) electrons. The Morgan fingerprint density at radius 3 is 2.58 bits per heavy atom. The third kappa shape index (κ3) is 2.87. The van der Waals surface area contributed by atoms with E-state index in [1.54, 1.807) is 36.5 Å². The number of para-hydroxylation sites is 1. The molecule has 4 rings (SSSR count). The smallest absolute Gasteiger partial charge is 0.267 e. The van der Waals surface area contributed by atoms with Crippen LogP contribution in [0.1, 0.15) is 5.56 Å². The van der Waals surface area contributed by atoms with E-state index in [9.17, 15) is 4.79 Å². The van der Waals surface area contributed by atoms with Crippen molar-refractivity contribution in [1.82, 2.24) is 14.5 Å². The largest absolute Gasteiger partial charge is 0.268 e. The van der Waals surface area contributed by atoms with Crippen LogP contribution in [0.25, 0.3) is 28.1 Å². The number of aromatic nitrogens is 3. The number of rotatable bonds is 2. The number of nitrogens with zero attached hydrogens (tertiary/aromatic N) is 3. The number of pyridine rings is 1. The molecule has 2 aromatic heterocycles. The van der Waals surface area contributed by atoms with Gasteiger partial charge in [0.05, 0.1) is 15.9 Å². The van der Waals surface area contributed by atoms with E-state index in [2.05, 4.69) is 4.98 Å². The molecule has 0 aliphatic rings. The number of benzene rings is 2. The molecule has 26 heavy (non-hydrogen) atoms. The number of hydrogen-bond donors (Lipinski definition) is 0. The van der Waals surface area contributed by atoms with Gasteiger partial charge in [-0.15, -0.1) is 0 Å². The normalized spacial score (nSPS) is 11.0. The minimum Gasteiger partial charge on any atom is -0.268 e. The lowest BCUT2D eigenvalue weighted by atomic mass is 10.1. The van der Waals surface area contributed by atoms with Crippen molar-refractivity contribution >= 4 is 34.1 Å². The molecule has 0 amide bonds. The van der Waals surface area contributed by atoms with Crippen LogP contribution in [0.4, 0.5) is 0 Å². The van der Waals surface area contributed by atoms with Crippen molar-refractivity contribution in [2.45, 2.75) is 6.92 Å². The molecule has 0 saturated carbocycles. The molecule has 0 fully saturated rings. The Kier molecular flexibility index (Phi) is 4.23. The van der Waals surface area contributed by atoms with Gasteiger partial charge in [-0.05, 0) is 55.0 Å². The standard InChI is InChI=1S/C20H13Cl2N3O/c1-12-8-9-23-18(10-12)25-19(14-7-6-13(21)11-16(14)22)24-17-5-3-2-4-15(17)20(25)26/h2-11H,1H3. The van der Waals surface area contributed by atoms with E-state index in [-0.39, 0.29) is 5.56 Å². The zero-order chi connectivity index (χ0) is 18.3. The average molecular weight is 382 g/mol. The summed E-state index contributed by atoms with van der Waals surface area (Å²) in [6.07, 6.45) is 1.67. The lowest BCUT2D eigenvalue weighted by molar-refractivity contribution is 0.929. The van der Waals surface area contributed by atoms with E-state index < -0.39 is 0 Å². The SMILES string of the molecule is Cc1ccnc(-n2c(-c3ccc(Cl)cc3Cl)nc3ccccc3c2=O)c1. The fourth-order valence-corrected chi connectivity index (χ4v) is 3.33. The van der Waals surface area contributed by atoms with Gasteiger partial charge in [0.1, 0.15) is 5.82 Å². The zero-order valence-electron chi connectivity index (χ0n) is 13.8. The quantitative estimate of drug-likeness (QED) is 0.487. The lowest BCUT2D eigenvalue weighted by Gasteiger charge is -2.14. The average Bonchev–Trinajstić information content (AvgIpc) is 2.62. The molecular weight excluding hydrogens is 369 g/mol. The van der Waals surface area contributed by atoms with Crippen molar-refractivity contribution in [2.24, 2.45) is 0 Å². The molecule has 0 atom stereocenters. The Labute approximate surface area is 159 Å². The number of hydrogen-bond acceptors (Lipinski definition) is 3. The summed E-state index contributed by atoms with van der Waals surface area (Å²) in [6, 6.07) is 16.0. The summed E-state index contributed by atoms with van der Waals surface area (Å²) in [5, 5.41) is 1.45. The van der Waals surface area contributed by atoms with Gasteiger partial charge >= 0.3 is 0 Å². The lowest BCUT2D eigenvalue weighted by Crippen LogP contribution is -2.23. The molecule has 2 aromatic carbocycles. The van der Waals surface area contributed by atoms with Crippen LogP contribution in [0.2, 0.25) is 10.0 Å². The van der Waals surface area contributed by atoms with Crippen LogP contribution in [0.15, 0.2) is 65.6 Å². The van der Waals surface area contributed by atoms with E-state index in [1.807, 2.05) is 31.2 Å². The van der Waals surface area contributed by atoms with Gasteiger partial charge in [0.15, 0.2) is 5.82 Å². The molecule has 0 aliphatic heterocycles. The Hall–Kier alpha value is -2.69. The molecule has 0 unspecified atom stereocenters. The van der Waals surface area contributed by atoms with Gasteiger partial charge in [0, 0.05) is 16.8 Å². The summed E-state index contributed by atoms with van der Waals surface area (Å²) in [5.74, 6) is 0.919. The van der Waals surface area contributed by atoms with Crippen LogP contribution in [0, 0.1) is 6.92 Å². The number of fused-ring (bicyclic) bond motifs is 1.